The highest BCUT2D eigenvalue weighted by molar-refractivity contribution is 7.11. The highest BCUT2D eigenvalue weighted by atomic mass is 35.5. The normalized spacial score (nSPS) is 14.8. The zero-order chi connectivity index (χ0) is 15.6. The first-order valence-corrected chi connectivity index (χ1v) is 7.76. The van der Waals surface area contributed by atoms with Gasteiger partial charge in [-0.1, -0.05) is 18.5 Å². The summed E-state index contributed by atoms with van der Waals surface area (Å²) in [6.45, 7) is 10.2. The molecular weight excluding hydrogens is 296 g/mol. The number of amides is 1. The number of hydrogen-bond acceptors (Lipinski definition) is 4. The molecule has 0 aliphatic rings. The zero-order valence-corrected chi connectivity index (χ0v) is 14.2. The number of thiophene rings is 1. The number of ether oxygens (including phenoxy) is 1. The van der Waals surface area contributed by atoms with Crippen molar-refractivity contribution in [1.82, 2.24) is 5.32 Å². The second kappa shape index (κ2) is 6.33. The van der Waals surface area contributed by atoms with Crippen LogP contribution >= 0.6 is 22.9 Å². The minimum absolute atomic E-state index is 0.387. The van der Waals surface area contributed by atoms with Crippen LogP contribution in [0.15, 0.2) is 5.38 Å². The summed E-state index contributed by atoms with van der Waals surface area (Å²) in [4.78, 5) is 12.7. The van der Waals surface area contributed by atoms with E-state index in [9.17, 15) is 4.79 Å². The van der Waals surface area contributed by atoms with Gasteiger partial charge in [-0.05, 0) is 38.6 Å². The van der Waals surface area contributed by atoms with Gasteiger partial charge < -0.3 is 15.8 Å². The van der Waals surface area contributed by atoms with E-state index in [-0.39, 0.29) is 0 Å². The maximum Gasteiger partial charge on any atom is 0.407 e. The molecule has 0 fully saturated rings. The average molecular weight is 319 g/mol. The fraction of sp³-hybridized carbons (Fsp3) is 0.643. The Bertz CT molecular complexity index is 482. The van der Waals surface area contributed by atoms with E-state index < -0.39 is 17.1 Å². The van der Waals surface area contributed by atoms with Crippen LogP contribution in [0, 0.1) is 6.92 Å². The monoisotopic (exact) mass is 318 g/mol. The molecule has 0 aliphatic heterocycles. The summed E-state index contributed by atoms with van der Waals surface area (Å²) >= 11 is 7.87. The molecule has 6 heteroatoms. The SMILES string of the molecule is Cc1csc(C(C)(CN)CNC(=O)OC(C)(C)C)c1Cl. The average Bonchev–Trinajstić information content (AvgIpc) is 2.66. The van der Waals surface area contributed by atoms with Crippen molar-refractivity contribution in [2.45, 2.75) is 45.6 Å². The van der Waals surface area contributed by atoms with E-state index in [0.29, 0.717) is 13.1 Å². The second-order valence-electron chi connectivity index (χ2n) is 6.18. The largest absolute Gasteiger partial charge is 0.444 e. The number of nitrogens with one attached hydrogen (secondary N) is 1. The maximum atomic E-state index is 11.7. The molecule has 3 N–H and O–H groups in total. The topological polar surface area (TPSA) is 64.3 Å². The Morgan fingerprint density at radius 2 is 2.05 bits per heavy atom. The van der Waals surface area contributed by atoms with Crippen molar-refractivity contribution in [3.63, 3.8) is 0 Å². The predicted molar refractivity (Wildman–Crippen MR) is 84.7 cm³/mol. The summed E-state index contributed by atoms with van der Waals surface area (Å²) in [5, 5.41) is 5.50. The van der Waals surface area contributed by atoms with Crippen LogP contribution in [0.5, 0.6) is 0 Å². The third-order valence-corrected chi connectivity index (χ3v) is 4.92. The zero-order valence-electron chi connectivity index (χ0n) is 12.7. The summed E-state index contributed by atoms with van der Waals surface area (Å²) in [6, 6.07) is 0. The quantitative estimate of drug-likeness (QED) is 0.893. The third kappa shape index (κ3) is 4.36. The van der Waals surface area contributed by atoms with E-state index >= 15 is 0 Å². The first kappa shape index (κ1) is 17.3. The van der Waals surface area contributed by atoms with Gasteiger partial charge in [-0.3, -0.25) is 0 Å². The lowest BCUT2D eigenvalue weighted by atomic mass is 9.88. The van der Waals surface area contributed by atoms with Crippen LogP contribution in [-0.4, -0.2) is 24.8 Å². The number of alkyl carbamates (subject to hydrolysis) is 1. The lowest BCUT2D eigenvalue weighted by molar-refractivity contribution is 0.0517. The maximum absolute atomic E-state index is 11.7. The van der Waals surface area contributed by atoms with Crippen molar-refractivity contribution in [3.8, 4) is 0 Å². The molecule has 1 rings (SSSR count). The highest BCUT2D eigenvalue weighted by Crippen LogP contribution is 2.36. The lowest BCUT2D eigenvalue weighted by Crippen LogP contribution is -2.44. The number of carbonyl (C=O) groups excluding carboxylic acids is 1. The Morgan fingerprint density at radius 3 is 2.45 bits per heavy atom. The van der Waals surface area contributed by atoms with Crippen LogP contribution in [-0.2, 0) is 10.2 Å². The fourth-order valence-electron chi connectivity index (χ4n) is 1.66. The molecule has 0 radical (unpaired) electrons. The van der Waals surface area contributed by atoms with Gasteiger partial charge in [0.2, 0.25) is 0 Å². The second-order valence-corrected chi connectivity index (χ2v) is 7.44. The van der Waals surface area contributed by atoms with Crippen molar-refractivity contribution in [3.05, 3.63) is 20.8 Å². The molecule has 0 saturated heterocycles. The van der Waals surface area contributed by atoms with E-state index in [1.807, 2.05) is 40.0 Å². The van der Waals surface area contributed by atoms with E-state index in [1.54, 1.807) is 11.3 Å². The van der Waals surface area contributed by atoms with Gasteiger partial charge in [0.25, 0.3) is 0 Å². The van der Waals surface area contributed by atoms with Gasteiger partial charge in [-0.15, -0.1) is 11.3 Å². The van der Waals surface area contributed by atoms with E-state index in [0.717, 1.165) is 15.5 Å². The van der Waals surface area contributed by atoms with Gasteiger partial charge in [-0.25, -0.2) is 4.79 Å². The molecule has 0 spiro atoms. The van der Waals surface area contributed by atoms with Crippen LogP contribution in [0.1, 0.15) is 38.1 Å². The van der Waals surface area contributed by atoms with Crippen molar-refractivity contribution in [2.75, 3.05) is 13.1 Å². The van der Waals surface area contributed by atoms with Gasteiger partial charge in [0.05, 0.1) is 5.02 Å². The van der Waals surface area contributed by atoms with Gasteiger partial charge >= 0.3 is 6.09 Å². The Hall–Kier alpha value is -0.780. The number of rotatable bonds is 4. The predicted octanol–water partition coefficient (Wildman–Crippen LogP) is 3.45. The van der Waals surface area contributed by atoms with Crippen molar-refractivity contribution in [2.24, 2.45) is 5.73 Å². The van der Waals surface area contributed by atoms with Crippen molar-refractivity contribution in [1.29, 1.82) is 0 Å². The van der Waals surface area contributed by atoms with Gasteiger partial charge in [0, 0.05) is 23.4 Å². The summed E-state index contributed by atoms with van der Waals surface area (Å²) in [7, 11) is 0. The minimum atomic E-state index is -0.514. The standard InChI is InChI=1S/C14H23ClN2O2S/c1-9-6-20-11(10(9)15)14(5,7-16)8-17-12(18)19-13(2,3)4/h6H,7-8,16H2,1-5H3,(H,17,18). The molecule has 1 heterocycles. The smallest absolute Gasteiger partial charge is 0.407 e. The fourth-order valence-corrected chi connectivity index (χ4v) is 3.26. The third-order valence-electron chi connectivity index (χ3n) is 2.92. The summed E-state index contributed by atoms with van der Waals surface area (Å²) in [6.07, 6.45) is -0.443. The molecule has 1 amide bonds. The first-order valence-electron chi connectivity index (χ1n) is 6.50. The summed E-state index contributed by atoms with van der Waals surface area (Å²) < 4.78 is 5.23. The molecule has 1 atom stereocenters. The summed E-state index contributed by atoms with van der Waals surface area (Å²) in [5.74, 6) is 0. The number of carbonyl (C=O) groups is 1. The molecule has 0 bridgehead atoms. The van der Waals surface area contributed by atoms with Gasteiger partial charge in [-0.2, -0.15) is 0 Å². The van der Waals surface area contributed by atoms with Crippen molar-refractivity contribution < 1.29 is 9.53 Å². The minimum Gasteiger partial charge on any atom is -0.444 e. The molecule has 1 aromatic rings. The molecule has 0 aromatic carbocycles. The lowest BCUT2D eigenvalue weighted by Gasteiger charge is -2.28. The summed E-state index contributed by atoms with van der Waals surface area (Å²) in [5.41, 5.74) is 6.01. The highest BCUT2D eigenvalue weighted by Gasteiger charge is 2.31. The van der Waals surface area contributed by atoms with Crippen molar-refractivity contribution >= 4 is 29.0 Å². The molecule has 4 nitrogen and oxygen atoms in total. The Morgan fingerprint density at radius 1 is 1.45 bits per heavy atom. The molecule has 1 unspecified atom stereocenters. The van der Waals surface area contributed by atoms with Gasteiger partial charge in [0.15, 0.2) is 0 Å². The Labute approximate surface area is 129 Å². The van der Waals surface area contributed by atoms with Crippen LogP contribution in [0.2, 0.25) is 5.02 Å². The number of nitrogens with two attached hydrogens (primary N) is 1. The number of halogens is 1. The van der Waals surface area contributed by atoms with E-state index in [1.165, 1.54) is 0 Å². The number of hydrogen-bond donors (Lipinski definition) is 2. The molecule has 0 saturated carbocycles. The molecule has 20 heavy (non-hydrogen) atoms. The van der Waals surface area contributed by atoms with Crippen LogP contribution in [0.4, 0.5) is 4.79 Å². The Balaban J connectivity index is 2.76. The first-order chi connectivity index (χ1) is 9.09. The van der Waals surface area contributed by atoms with Crippen LogP contribution in [0.25, 0.3) is 0 Å². The number of aryl methyl sites for hydroxylation is 1. The van der Waals surface area contributed by atoms with Gasteiger partial charge in [0.1, 0.15) is 5.60 Å². The van der Waals surface area contributed by atoms with Crippen LogP contribution in [0.3, 0.4) is 0 Å². The van der Waals surface area contributed by atoms with Crippen LogP contribution < -0.4 is 11.1 Å². The van der Waals surface area contributed by atoms with E-state index in [4.69, 9.17) is 22.1 Å². The Kier molecular flexibility index (Phi) is 5.46. The molecule has 114 valence electrons. The molecule has 0 aliphatic carbocycles. The molecular formula is C14H23ClN2O2S. The molecule has 1 aromatic heterocycles. The van der Waals surface area contributed by atoms with E-state index in [2.05, 4.69) is 5.32 Å².